The van der Waals surface area contributed by atoms with Gasteiger partial charge in [0.1, 0.15) is 5.75 Å². The van der Waals surface area contributed by atoms with Gasteiger partial charge in [-0.15, -0.1) is 102 Å². The zero-order chi connectivity index (χ0) is 90.5. The van der Waals surface area contributed by atoms with E-state index in [4.69, 9.17) is 4.74 Å². The highest BCUT2D eigenvalue weighted by atomic mass is 32.1. The van der Waals surface area contributed by atoms with Crippen LogP contribution in [0, 0.1) is 0 Å². The van der Waals surface area contributed by atoms with Crippen LogP contribution in [0.2, 0.25) is 0 Å². The summed E-state index contributed by atoms with van der Waals surface area (Å²) in [7, 11) is 1.71. The van der Waals surface area contributed by atoms with E-state index < -0.39 is 0 Å². The molecule has 21 aromatic carbocycles. The molecule has 0 saturated heterocycles. The van der Waals surface area contributed by atoms with Crippen LogP contribution in [0.3, 0.4) is 0 Å². The maximum absolute atomic E-state index is 5.40. The molecular formula is C126H72N2OS9. The van der Waals surface area contributed by atoms with Crippen LogP contribution < -0.4 is 4.74 Å². The highest BCUT2D eigenvalue weighted by Crippen LogP contribution is 2.54. The molecule has 0 unspecified atom stereocenters. The third-order valence-electron chi connectivity index (χ3n) is 28.3. The third kappa shape index (κ3) is 12.8. The van der Waals surface area contributed by atoms with Gasteiger partial charge in [-0.25, -0.2) is 0 Å². The van der Waals surface area contributed by atoms with E-state index in [1.54, 1.807) is 18.4 Å². The van der Waals surface area contributed by atoms with E-state index >= 15 is 0 Å². The van der Waals surface area contributed by atoms with Crippen molar-refractivity contribution in [3.8, 4) is 55.9 Å². The van der Waals surface area contributed by atoms with E-state index in [9.17, 15) is 0 Å². The molecule has 11 heterocycles. The second-order valence-corrected chi connectivity index (χ2v) is 44.6. The zero-order valence-corrected chi connectivity index (χ0v) is 81.2. The Kier molecular flexibility index (Phi) is 18.7. The third-order valence-corrected chi connectivity index (χ3v) is 37.6. The number of hydrogen-bond donors (Lipinski definition) is 0. The fourth-order valence-corrected chi connectivity index (χ4v) is 31.2. The highest BCUT2D eigenvalue weighted by molar-refractivity contribution is 7.28. The molecule has 0 N–H and O–H groups in total. The first-order valence-corrected chi connectivity index (χ1v) is 53.8. The summed E-state index contributed by atoms with van der Waals surface area (Å²) in [5.74, 6) is 0.881. The molecule has 32 rings (SSSR count). The van der Waals surface area contributed by atoms with Crippen LogP contribution in [0.5, 0.6) is 5.75 Å². The number of fused-ring (bicyclic) bond motifs is 36. The number of nitrogens with zero attached hydrogens (tertiary/aromatic N) is 2. The van der Waals surface area contributed by atoms with Gasteiger partial charge in [0.15, 0.2) is 0 Å². The summed E-state index contributed by atoms with van der Waals surface area (Å²) in [6, 6.07) is 139. The van der Waals surface area contributed by atoms with Crippen LogP contribution >= 0.6 is 102 Å². The largest absolute Gasteiger partial charge is 0.497 e. The van der Waals surface area contributed by atoms with E-state index in [2.05, 4.69) is 394 Å². The first-order chi connectivity index (χ1) is 68.3. The fourth-order valence-electron chi connectivity index (χ4n) is 21.9. The van der Waals surface area contributed by atoms with Gasteiger partial charge in [-0.3, -0.25) is 4.98 Å². The lowest BCUT2D eigenvalue weighted by molar-refractivity contribution is 0.415. The molecule has 0 saturated carbocycles. The van der Waals surface area contributed by atoms with Crippen molar-refractivity contribution in [3.63, 3.8) is 0 Å². The topological polar surface area (TPSA) is 27.1 Å². The molecule has 138 heavy (non-hydrogen) atoms. The zero-order valence-electron chi connectivity index (χ0n) is 73.8. The molecule has 0 radical (unpaired) electrons. The average Bonchev–Trinajstić information content (AvgIpc) is 1.56. The molecule has 0 spiro atoms. The Balaban J connectivity index is 0.0000000896. The molecule has 0 aliphatic rings. The Hall–Kier alpha value is -14.9. The molecule has 11 aromatic heterocycles. The second kappa shape index (κ2) is 32.1. The molecule has 0 aliphatic carbocycles. The smallest absolute Gasteiger partial charge is 0.118 e. The van der Waals surface area contributed by atoms with Gasteiger partial charge in [-0.1, -0.05) is 200 Å². The maximum Gasteiger partial charge on any atom is 0.118 e. The monoisotopic (exact) mass is 1920 g/mol. The fraction of sp³-hybridized carbons (Fsp3) is 0.00794. The summed E-state index contributed by atoms with van der Waals surface area (Å²) < 4.78 is 25.4. The van der Waals surface area contributed by atoms with Gasteiger partial charge in [-0.05, 0) is 322 Å². The van der Waals surface area contributed by atoms with Gasteiger partial charge in [0.2, 0.25) is 0 Å². The van der Waals surface area contributed by atoms with Crippen LogP contribution in [-0.4, -0.2) is 16.7 Å². The molecule has 12 heteroatoms. The predicted octanol–water partition coefficient (Wildman–Crippen LogP) is 40.7. The lowest BCUT2D eigenvalue weighted by Gasteiger charge is -2.13. The van der Waals surface area contributed by atoms with Gasteiger partial charge in [0.25, 0.3) is 0 Å². The van der Waals surface area contributed by atoms with E-state index in [0.717, 1.165) is 11.3 Å². The van der Waals surface area contributed by atoms with Crippen LogP contribution in [0.25, 0.3) is 289 Å². The Bertz CT molecular complexity index is 10700. The van der Waals surface area contributed by atoms with Crippen molar-refractivity contribution < 1.29 is 4.74 Å². The van der Waals surface area contributed by atoms with Crippen LogP contribution in [0.1, 0.15) is 0 Å². The molecule has 0 amide bonds. The normalized spacial score (nSPS) is 12.1. The van der Waals surface area contributed by atoms with Crippen molar-refractivity contribution in [2.75, 3.05) is 7.11 Å². The summed E-state index contributed by atoms with van der Waals surface area (Å²) in [4.78, 5) is 4.39. The van der Waals surface area contributed by atoms with Gasteiger partial charge in [0.05, 0.1) is 18.1 Å². The van der Waals surface area contributed by atoms with Gasteiger partial charge in [-0.2, -0.15) is 0 Å². The van der Waals surface area contributed by atoms with Crippen molar-refractivity contribution in [1.29, 1.82) is 0 Å². The van der Waals surface area contributed by atoms with Crippen molar-refractivity contribution >= 4 is 341 Å². The number of benzene rings is 21. The van der Waals surface area contributed by atoms with Crippen molar-refractivity contribution in [2.24, 2.45) is 0 Å². The Labute approximate surface area is 825 Å². The first-order valence-electron chi connectivity index (χ1n) is 46.2. The summed E-state index contributed by atoms with van der Waals surface area (Å²) in [5.41, 5.74) is 13.8. The summed E-state index contributed by atoms with van der Waals surface area (Å²) >= 11 is 16.8. The standard InChI is InChI=1S/C40H23NS2.C30H16S3.C29H18OS2.C27H15NS2/c1-2-8-27(9-3-1)41-35-12-6-4-10-28(35)34-20-24(14-17-36(34)41)32-22-26-23-38-25(18-19-42-38)21-33(26)39-30(32)15-16-31-29-11-5-7-13-37(29)43-40(31)39;1-3-7-26-20(6-1)25(16-32-26)24-14-18-15-28-17(11-12-31-28)13-23(18)29-21(24)9-10-22-19-5-2-4-8-27(19)33-30(22)29;1-30-20-8-6-17(7-9-20)24-15-19-16-27-18(12-13-31-27)14-25(19)28-22(24)10-11-23-21-4-2-3-5-26(21)32-29(23)28;1-2-6-24-19(5-1)21-8-7-20-22(17-4-3-10-28-15-17)13-18-14-25-16(9-11-29-25)12-23(18)26(20)27(21)30-24/h1-23H;1-16H;2-16H,1H3;1-15H. The van der Waals surface area contributed by atoms with Crippen LogP contribution in [0.4, 0.5) is 0 Å². The van der Waals surface area contributed by atoms with Crippen LogP contribution in [0.15, 0.2) is 415 Å². The number of methoxy groups -OCH3 is 1. The summed E-state index contributed by atoms with van der Waals surface area (Å²) in [5, 5.41) is 52.4. The van der Waals surface area contributed by atoms with Gasteiger partial charge >= 0.3 is 0 Å². The van der Waals surface area contributed by atoms with E-state index in [1.807, 2.05) is 121 Å². The quantitative estimate of drug-likeness (QED) is 0.155. The van der Waals surface area contributed by atoms with E-state index in [1.165, 1.54) is 284 Å². The summed E-state index contributed by atoms with van der Waals surface area (Å²) in [6.07, 6.45) is 3.81. The van der Waals surface area contributed by atoms with Crippen molar-refractivity contribution in [3.05, 3.63) is 415 Å². The number of ether oxygens (including phenoxy) is 1. The lowest BCUT2D eigenvalue weighted by Crippen LogP contribution is -1.93. The predicted molar refractivity (Wildman–Crippen MR) is 615 cm³/mol. The van der Waals surface area contributed by atoms with E-state index in [-0.39, 0.29) is 0 Å². The lowest BCUT2D eigenvalue weighted by atomic mass is 9.91. The summed E-state index contributed by atoms with van der Waals surface area (Å²) in [6.45, 7) is 0. The Morgan fingerprint density at radius 1 is 0.217 bits per heavy atom. The SMILES string of the molecule is COc1ccc(-c2cc3cc4sccc4cc3c3c2ccc2c4ccccc4sc23)cc1.c1ccc(-n2c3ccccc3c3cc(-c4cc5cc6sccc6cc5c5c4ccc4c6ccccc6sc45)ccc32)cc1.c1ccc2c(-c3cc4cc5sccc5cc4c4c3ccc3c5ccccc5sc34)csc2c1.c1cncc(-c2cc3cc4sccc4cc3c3c2ccc2c4ccccc4sc23)c1. The van der Waals surface area contributed by atoms with Gasteiger partial charge in [0, 0.05) is 171 Å². The average molecular weight is 1920 g/mol. The van der Waals surface area contributed by atoms with E-state index in [0.29, 0.717) is 0 Å². The maximum atomic E-state index is 5.40. The molecule has 0 atom stereocenters. The Morgan fingerprint density at radius 3 is 1.01 bits per heavy atom. The molecule has 0 fully saturated rings. The number of thiophene rings is 9. The van der Waals surface area contributed by atoms with Crippen molar-refractivity contribution in [1.82, 2.24) is 9.55 Å². The number of rotatable bonds is 6. The number of hydrogen-bond acceptors (Lipinski definition) is 11. The number of pyridine rings is 1. The molecule has 3 nitrogen and oxygen atoms in total. The molecule has 646 valence electrons. The van der Waals surface area contributed by atoms with Crippen molar-refractivity contribution in [2.45, 2.75) is 0 Å². The minimum Gasteiger partial charge on any atom is -0.497 e. The molecule has 32 aromatic rings. The highest BCUT2D eigenvalue weighted by Gasteiger charge is 2.25. The van der Waals surface area contributed by atoms with Crippen LogP contribution in [-0.2, 0) is 0 Å². The molecule has 0 aliphatic heterocycles. The number of aromatic nitrogens is 2. The molecule has 0 bridgehead atoms. The minimum absolute atomic E-state index is 0.881. The Morgan fingerprint density at radius 2 is 0.580 bits per heavy atom. The van der Waals surface area contributed by atoms with Gasteiger partial charge < -0.3 is 9.30 Å². The first kappa shape index (κ1) is 80.4. The molecular weight excluding hydrogens is 1850 g/mol. The second-order valence-electron chi connectivity index (χ2n) is 35.7. The number of para-hydroxylation sites is 2. The minimum atomic E-state index is 0.881.